The Morgan fingerprint density at radius 1 is 1.29 bits per heavy atom. The second kappa shape index (κ2) is 7.03. The average Bonchev–Trinajstić information content (AvgIpc) is 3.21. The van der Waals surface area contributed by atoms with Crippen LogP contribution in [0, 0.1) is 12.8 Å². The molecule has 1 N–H and O–H groups in total. The molecule has 1 aliphatic rings. The smallest absolute Gasteiger partial charge is 0.0897 e. The Balaban J connectivity index is 1.63. The molecule has 2 aromatic rings. The van der Waals surface area contributed by atoms with Gasteiger partial charge in [-0.15, -0.1) is 11.3 Å². The summed E-state index contributed by atoms with van der Waals surface area (Å²) in [6, 6.07) is 9.48. The predicted octanol–water partition coefficient (Wildman–Crippen LogP) is 4.37. The molecule has 112 valence electrons. The summed E-state index contributed by atoms with van der Waals surface area (Å²) in [5.74, 6) is 0.619. The van der Waals surface area contributed by atoms with Crippen molar-refractivity contribution in [3.05, 3.63) is 50.4 Å². The highest BCUT2D eigenvalue weighted by molar-refractivity contribution is 9.10. The SMILES string of the molecule is Cc1nc(CC(CNC2CC2)Cc2ccc(Br)cc2)cs1. The van der Waals surface area contributed by atoms with Gasteiger partial charge in [-0.05, 0) is 62.8 Å². The Labute approximate surface area is 139 Å². The quantitative estimate of drug-likeness (QED) is 0.788. The van der Waals surface area contributed by atoms with Crippen molar-refractivity contribution in [3.8, 4) is 0 Å². The van der Waals surface area contributed by atoms with Crippen LogP contribution >= 0.6 is 27.3 Å². The molecule has 0 bridgehead atoms. The molecule has 1 fully saturated rings. The molecule has 0 radical (unpaired) electrons. The van der Waals surface area contributed by atoms with E-state index in [0.717, 1.165) is 29.9 Å². The van der Waals surface area contributed by atoms with Crippen molar-refractivity contribution in [2.24, 2.45) is 5.92 Å². The first kappa shape index (κ1) is 15.2. The monoisotopic (exact) mass is 364 g/mol. The van der Waals surface area contributed by atoms with Gasteiger partial charge in [0.05, 0.1) is 10.7 Å². The van der Waals surface area contributed by atoms with Crippen LogP contribution < -0.4 is 5.32 Å². The molecule has 0 saturated heterocycles. The van der Waals surface area contributed by atoms with Gasteiger partial charge in [0.15, 0.2) is 0 Å². The van der Waals surface area contributed by atoms with E-state index in [4.69, 9.17) is 0 Å². The zero-order chi connectivity index (χ0) is 14.7. The van der Waals surface area contributed by atoms with Crippen LogP contribution in [0.15, 0.2) is 34.1 Å². The van der Waals surface area contributed by atoms with Gasteiger partial charge in [-0.2, -0.15) is 0 Å². The van der Waals surface area contributed by atoms with Gasteiger partial charge in [-0.25, -0.2) is 4.98 Å². The van der Waals surface area contributed by atoms with Gasteiger partial charge in [-0.3, -0.25) is 0 Å². The first-order chi connectivity index (χ1) is 10.2. The summed E-state index contributed by atoms with van der Waals surface area (Å²) in [6.07, 6.45) is 4.88. The lowest BCUT2D eigenvalue weighted by Gasteiger charge is -2.17. The highest BCUT2D eigenvalue weighted by Gasteiger charge is 2.22. The summed E-state index contributed by atoms with van der Waals surface area (Å²) in [7, 11) is 0. The number of hydrogen-bond acceptors (Lipinski definition) is 3. The minimum Gasteiger partial charge on any atom is -0.314 e. The van der Waals surface area contributed by atoms with Crippen molar-refractivity contribution in [2.45, 2.75) is 38.6 Å². The third-order valence-electron chi connectivity index (χ3n) is 3.87. The molecule has 0 aliphatic heterocycles. The highest BCUT2D eigenvalue weighted by atomic mass is 79.9. The van der Waals surface area contributed by atoms with Gasteiger partial charge in [0, 0.05) is 15.9 Å². The summed E-state index contributed by atoms with van der Waals surface area (Å²) < 4.78 is 1.15. The molecule has 2 nitrogen and oxygen atoms in total. The Bertz CT molecular complexity index is 575. The number of nitrogens with zero attached hydrogens (tertiary/aromatic N) is 1. The van der Waals surface area contributed by atoms with E-state index in [-0.39, 0.29) is 0 Å². The van der Waals surface area contributed by atoms with Crippen LogP contribution in [0.4, 0.5) is 0 Å². The molecule has 1 heterocycles. The molecule has 1 unspecified atom stereocenters. The van der Waals surface area contributed by atoms with Crippen LogP contribution in [0.1, 0.15) is 29.1 Å². The van der Waals surface area contributed by atoms with Gasteiger partial charge in [-0.1, -0.05) is 28.1 Å². The van der Waals surface area contributed by atoms with Crippen molar-refractivity contribution < 1.29 is 0 Å². The van der Waals surface area contributed by atoms with Crippen molar-refractivity contribution in [1.29, 1.82) is 0 Å². The summed E-state index contributed by atoms with van der Waals surface area (Å²) in [5.41, 5.74) is 2.66. The number of hydrogen-bond donors (Lipinski definition) is 1. The first-order valence-electron chi connectivity index (χ1n) is 7.58. The predicted molar refractivity (Wildman–Crippen MR) is 92.9 cm³/mol. The van der Waals surface area contributed by atoms with Crippen LogP contribution in [-0.4, -0.2) is 17.6 Å². The normalized spacial score (nSPS) is 16.1. The summed E-state index contributed by atoms with van der Waals surface area (Å²) in [4.78, 5) is 4.63. The van der Waals surface area contributed by atoms with E-state index in [1.165, 1.54) is 29.1 Å². The molecule has 1 saturated carbocycles. The molecule has 4 heteroatoms. The largest absolute Gasteiger partial charge is 0.314 e. The van der Waals surface area contributed by atoms with Crippen molar-refractivity contribution in [3.63, 3.8) is 0 Å². The zero-order valence-electron chi connectivity index (χ0n) is 12.3. The Hall–Kier alpha value is -0.710. The molecule has 21 heavy (non-hydrogen) atoms. The highest BCUT2D eigenvalue weighted by Crippen LogP contribution is 2.22. The van der Waals surface area contributed by atoms with Gasteiger partial charge >= 0.3 is 0 Å². The summed E-state index contributed by atoms with van der Waals surface area (Å²) in [5, 5.41) is 7.06. The van der Waals surface area contributed by atoms with Gasteiger partial charge < -0.3 is 5.32 Å². The lowest BCUT2D eigenvalue weighted by molar-refractivity contribution is 0.465. The number of benzene rings is 1. The molecule has 1 aromatic carbocycles. The first-order valence-corrected chi connectivity index (χ1v) is 9.25. The number of thiazole rings is 1. The standard InChI is InChI=1S/C17H21BrN2S/c1-12-20-17(11-21-12)9-14(10-19-16-6-7-16)8-13-2-4-15(18)5-3-13/h2-5,11,14,16,19H,6-10H2,1H3. The molecule has 1 atom stereocenters. The van der Waals surface area contributed by atoms with Crippen molar-refractivity contribution in [2.75, 3.05) is 6.54 Å². The third kappa shape index (κ3) is 4.90. The minimum absolute atomic E-state index is 0.619. The molecular weight excluding hydrogens is 344 g/mol. The second-order valence-electron chi connectivity index (χ2n) is 5.94. The maximum atomic E-state index is 4.63. The number of nitrogens with one attached hydrogen (secondary N) is 1. The van der Waals surface area contributed by atoms with E-state index in [1.54, 1.807) is 11.3 Å². The number of rotatable bonds is 7. The Morgan fingerprint density at radius 3 is 2.67 bits per heavy atom. The van der Waals surface area contributed by atoms with Crippen LogP contribution in [0.5, 0.6) is 0 Å². The van der Waals surface area contributed by atoms with Gasteiger partial charge in [0.2, 0.25) is 0 Å². The molecule has 3 rings (SSSR count). The maximum absolute atomic E-state index is 4.63. The lowest BCUT2D eigenvalue weighted by Crippen LogP contribution is -2.27. The molecular formula is C17H21BrN2S. The second-order valence-corrected chi connectivity index (χ2v) is 7.92. The van der Waals surface area contributed by atoms with E-state index in [9.17, 15) is 0 Å². The fraction of sp³-hybridized carbons (Fsp3) is 0.471. The fourth-order valence-corrected chi connectivity index (χ4v) is 3.48. The maximum Gasteiger partial charge on any atom is 0.0897 e. The molecule has 0 amide bonds. The number of aromatic nitrogens is 1. The van der Waals surface area contributed by atoms with E-state index in [1.807, 2.05) is 0 Å². The van der Waals surface area contributed by atoms with E-state index in [2.05, 4.69) is 62.8 Å². The van der Waals surface area contributed by atoms with Crippen LogP contribution in [-0.2, 0) is 12.8 Å². The van der Waals surface area contributed by atoms with Crippen molar-refractivity contribution >= 4 is 27.3 Å². The van der Waals surface area contributed by atoms with E-state index < -0.39 is 0 Å². The van der Waals surface area contributed by atoms with E-state index in [0.29, 0.717) is 5.92 Å². The van der Waals surface area contributed by atoms with Crippen molar-refractivity contribution in [1.82, 2.24) is 10.3 Å². The summed E-state index contributed by atoms with van der Waals surface area (Å²) >= 11 is 5.26. The van der Waals surface area contributed by atoms with Crippen LogP contribution in [0.2, 0.25) is 0 Å². The minimum atomic E-state index is 0.619. The van der Waals surface area contributed by atoms with E-state index >= 15 is 0 Å². The Morgan fingerprint density at radius 2 is 2.05 bits per heavy atom. The fourth-order valence-electron chi connectivity index (χ4n) is 2.59. The lowest BCUT2D eigenvalue weighted by atomic mass is 9.95. The number of aryl methyl sites for hydroxylation is 1. The topological polar surface area (TPSA) is 24.9 Å². The average molecular weight is 365 g/mol. The zero-order valence-corrected chi connectivity index (χ0v) is 14.7. The molecule has 0 spiro atoms. The van der Waals surface area contributed by atoms with Gasteiger partial charge in [0.1, 0.15) is 0 Å². The molecule has 1 aliphatic carbocycles. The molecule has 1 aromatic heterocycles. The summed E-state index contributed by atoms with van der Waals surface area (Å²) in [6.45, 7) is 3.18. The van der Waals surface area contributed by atoms with Crippen LogP contribution in [0.3, 0.4) is 0 Å². The number of halogens is 1. The van der Waals surface area contributed by atoms with Crippen LogP contribution in [0.25, 0.3) is 0 Å². The Kier molecular flexibility index (Phi) is 5.09. The third-order valence-corrected chi connectivity index (χ3v) is 5.23. The van der Waals surface area contributed by atoms with Gasteiger partial charge in [0.25, 0.3) is 0 Å².